The fraction of sp³-hybridized carbons (Fsp3) is 0.333. The van der Waals surface area contributed by atoms with Crippen molar-refractivity contribution in [1.29, 1.82) is 0 Å². The van der Waals surface area contributed by atoms with Crippen LogP contribution in [0.3, 0.4) is 0 Å². The van der Waals surface area contributed by atoms with Crippen LogP contribution in [-0.2, 0) is 0 Å². The van der Waals surface area contributed by atoms with Crippen molar-refractivity contribution in [2.75, 3.05) is 13.2 Å². The number of benzene rings is 4. The second-order valence-corrected chi connectivity index (χ2v) is 7.15. The van der Waals surface area contributed by atoms with Gasteiger partial charge in [0, 0.05) is 21.5 Å². The minimum Gasteiger partial charge on any atom is -0.493 e. The number of aryl methyl sites for hydroxylation is 2. The highest BCUT2D eigenvalue weighted by Crippen LogP contribution is 2.44. The largest absolute Gasteiger partial charge is 0.493 e. The molecular weight excluding hydrogens is 320 g/mol. The van der Waals surface area contributed by atoms with Gasteiger partial charge in [-0.1, -0.05) is 26.0 Å². The van der Waals surface area contributed by atoms with Crippen molar-refractivity contribution in [3.05, 3.63) is 47.5 Å². The molecule has 2 heteroatoms. The maximum Gasteiger partial charge on any atom is 0.127 e. The summed E-state index contributed by atoms with van der Waals surface area (Å²) in [6, 6.07) is 13.3. The highest BCUT2D eigenvalue weighted by molar-refractivity contribution is 6.26. The maximum atomic E-state index is 6.09. The second-order valence-electron chi connectivity index (χ2n) is 7.15. The van der Waals surface area contributed by atoms with Crippen molar-refractivity contribution in [2.24, 2.45) is 0 Å². The summed E-state index contributed by atoms with van der Waals surface area (Å²) in [5.74, 6) is 1.98. The molecular formula is C24H26O2. The fourth-order valence-electron chi connectivity index (χ4n) is 3.93. The monoisotopic (exact) mass is 346 g/mol. The van der Waals surface area contributed by atoms with Crippen molar-refractivity contribution in [3.8, 4) is 11.5 Å². The van der Waals surface area contributed by atoms with Gasteiger partial charge in [0.1, 0.15) is 11.5 Å². The van der Waals surface area contributed by atoms with Crippen LogP contribution in [0.4, 0.5) is 0 Å². The molecule has 2 nitrogen and oxygen atoms in total. The van der Waals surface area contributed by atoms with E-state index >= 15 is 0 Å². The molecule has 26 heavy (non-hydrogen) atoms. The number of hydrogen-bond acceptors (Lipinski definition) is 2. The van der Waals surface area contributed by atoms with Crippen LogP contribution in [0, 0.1) is 13.8 Å². The molecule has 0 unspecified atom stereocenters. The van der Waals surface area contributed by atoms with Crippen LogP contribution in [0.1, 0.15) is 37.8 Å². The highest BCUT2D eigenvalue weighted by atomic mass is 16.5. The molecule has 0 amide bonds. The molecule has 4 rings (SSSR count). The maximum absolute atomic E-state index is 6.09. The molecule has 134 valence electrons. The van der Waals surface area contributed by atoms with Crippen LogP contribution in [-0.4, -0.2) is 13.2 Å². The van der Waals surface area contributed by atoms with Gasteiger partial charge in [0.25, 0.3) is 0 Å². The molecule has 0 atom stereocenters. The van der Waals surface area contributed by atoms with E-state index in [4.69, 9.17) is 9.47 Å². The molecule has 0 bridgehead atoms. The van der Waals surface area contributed by atoms with Crippen molar-refractivity contribution in [1.82, 2.24) is 0 Å². The Hall–Kier alpha value is -2.48. The van der Waals surface area contributed by atoms with Crippen molar-refractivity contribution in [2.45, 2.75) is 40.5 Å². The van der Waals surface area contributed by atoms with Crippen molar-refractivity contribution < 1.29 is 9.47 Å². The first-order valence-electron chi connectivity index (χ1n) is 9.63. The summed E-state index contributed by atoms with van der Waals surface area (Å²) >= 11 is 0. The average molecular weight is 346 g/mol. The minimum atomic E-state index is 0.743. The molecule has 0 spiro atoms. The Balaban J connectivity index is 2.11. The zero-order chi connectivity index (χ0) is 18.3. The van der Waals surface area contributed by atoms with Crippen LogP contribution in [0.5, 0.6) is 11.5 Å². The molecule has 0 radical (unpaired) electrons. The molecule has 0 aliphatic carbocycles. The smallest absolute Gasteiger partial charge is 0.127 e. The number of ether oxygens (including phenoxy) is 2. The van der Waals surface area contributed by atoms with E-state index in [1.807, 2.05) is 0 Å². The topological polar surface area (TPSA) is 18.5 Å². The molecule has 4 aromatic rings. The molecule has 4 aromatic carbocycles. The van der Waals surface area contributed by atoms with Gasteiger partial charge in [0.05, 0.1) is 13.2 Å². The van der Waals surface area contributed by atoms with Gasteiger partial charge in [-0.3, -0.25) is 0 Å². The molecule has 0 aromatic heterocycles. The van der Waals surface area contributed by atoms with E-state index in [0.717, 1.165) is 37.6 Å². The lowest BCUT2D eigenvalue weighted by molar-refractivity contribution is 0.320. The first-order chi connectivity index (χ1) is 12.7. The van der Waals surface area contributed by atoms with Gasteiger partial charge in [-0.25, -0.2) is 0 Å². The van der Waals surface area contributed by atoms with Gasteiger partial charge in [-0.15, -0.1) is 0 Å². The Morgan fingerprint density at radius 3 is 1.38 bits per heavy atom. The summed E-state index contributed by atoms with van der Waals surface area (Å²) in [5.41, 5.74) is 2.52. The van der Waals surface area contributed by atoms with Crippen molar-refractivity contribution in [3.63, 3.8) is 0 Å². The SMILES string of the molecule is CCCOc1cc(C)c2ccc3c(C)cc(OCCC)c4ccc1c2c34. The van der Waals surface area contributed by atoms with E-state index in [1.54, 1.807) is 0 Å². The molecule has 0 N–H and O–H groups in total. The van der Waals surface area contributed by atoms with Crippen LogP contribution >= 0.6 is 0 Å². The van der Waals surface area contributed by atoms with Gasteiger partial charge >= 0.3 is 0 Å². The highest BCUT2D eigenvalue weighted by Gasteiger charge is 2.17. The molecule has 0 aliphatic rings. The third kappa shape index (κ3) is 2.56. The Labute approximate surface area is 155 Å². The van der Waals surface area contributed by atoms with E-state index in [9.17, 15) is 0 Å². The molecule has 0 fully saturated rings. The van der Waals surface area contributed by atoms with Gasteiger partial charge in [-0.2, -0.15) is 0 Å². The Bertz CT molecular complexity index is 991. The normalized spacial score (nSPS) is 11.7. The first-order valence-corrected chi connectivity index (χ1v) is 9.63. The fourth-order valence-corrected chi connectivity index (χ4v) is 3.93. The lowest BCUT2D eigenvalue weighted by Crippen LogP contribution is -1.99. The van der Waals surface area contributed by atoms with E-state index in [-0.39, 0.29) is 0 Å². The zero-order valence-electron chi connectivity index (χ0n) is 16.1. The molecule has 0 saturated heterocycles. The van der Waals surface area contributed by atoms with Crippen LogP contribution < -0.4 is 9.47 Å². The minimum absolute atomic E-state index is 0.743. The standard InChI is InChI=1S/C24H26O2/c1-5-11-25-21-13-15(3)17-7-8-18-16(4)14-22(26-12-6-2)20-10-9-19(21)23(17)24(18)20/h7-10,13-14H,5-6,11-12H2,1-4H3. The van der Waals surface area contributed by atoms with E-state index in [2.05, 4.69) is 64.1 Å². The Morgan fingerprint density at radius 2 is 1.00 bits per heavy atom. The van der Waals surface area contributed by atoms with Crippen molar-refractivity contribution >= 4 is 32.3 Å². The number of rotatable bonds is 6. The van der Waals surface area contributed by atoms with Gasteiger partial charge in [-0.05, 0) is 72.9 Å². The third-order valence-corrected chi connectivity index (χ3v) is 5.16. The zero-order valence-corrected chi connectivity index (χ0v) is 16.1. The summed E-state index contributed by atoms with van der Waals surface area (Å²) in [4.78, 5) is 0. The lowest BCUT2D eigenvalue weighted by atomic mass is 9.89. The predicted molar refractivity (Wildman–Crippen MR) is 111 cm³/mol. The summed E-state index contributed by atoms with van der Waals surface area (Å²) in [7, 11) is 0. The molecule has 0 saturated carbocycles. The second kappa shape index (κ2) is 6.68. The van der Waals surface area contributed by atoms with Crippen LogP contribution in [0.25, 0.3) is 32.3 Å². The Kier molecular flexibility index (Phi) is 4.36. The average Bonchev–Trinajstić information content (AvgIpc) is 2.65. The van der Waals surface area contributed by atoms with Crippen LogP contribution in [0.15, 0.2) is 36.4 Å². The van der Waals surface area contributed by atoms with E-state index in [1.165, 1.54) is 43.4 Å². The summed E-state index contributed by atoms with van der Waals surface area (Å²) < 4.78 is 12.2. The van der Waals surface area contributed by atoms with E-state index in [0.29, 0.717) is 0 Å². The van der Waals surface area contributed by atoms with Gasteiger partial charge in [0.15, 0.2) is 0 Å². The quantitative estimate of drug-likeness (QED) is 0.358. The summed E-state index contributed by atoms with van der Waals surface area (Å²) in [6.45, 7) is 10.1. The summed E-state index contributed by atoms with van der Waals surface area (Å²) in [6.07, 6.45) is 2.02. The lowest BCUT2D eigenvalue weighted by Gasteiger charge is -2.19. The van der Waals surface area contributed by atoms with Gasteiger partial charge in [0.2, 0.25) is 0 Å². The van der Waals surface area contributed by atoms with E-state index < -0.39 is 0 Å². The predicted octanol–water partition coefficient (Wildman–Crippen LogP) is 6.78. The summed E-state index contributed by atoms with van der Waals surface area (Å²) in [5, 5.41) is 7.60. The Morgan fingerprint density at radius 1 is 0.615 bits per heavy atom. The molecule has 0 heterocycles. The number of hydrogen-bond donors (Lipinski definition) is 0. The van der Waals surface area contributed by atoms with Crippen LogP contribution in [0.2, 0.25) is 0 Å². The van der Waals surface area contributed by atoms with Gasteiger partial charge < -0.3 is 9.47 Å². The molecule has 0 aliphatic heterocycles. The third-order valence-electron chi connectivity index (χ3n) is 5.16. The first kappa shape index (κ1) is 17.0.